The average molecular weight is 196 g/mol. The van der Waals surface area contributed by atoms with Gasteiger partial charge >= 0.3 is 0 Å². The van der Waals surface area contributed by atoms with Crippen molar-refractivity contribution in [3.05, 3.63) is 23.2 Å². The number of nitrogens with one attached hydrogen (secondary N) is 1. The Bertz CT molecular complexity index is 266. The Morgan fingerprint density at radius 3 is 3.08 bits per heavy atom. The van der Waals surface area contributed by atoms with Crippen LogP contribution >= 0.6 is 11.3 Å². The fraction of sp³-hybridized carbons (Fsp3) is 0.500. The molecular formula is C10H16N2S. The molecule has 0 bridgehead atoms. The van der Waals surface area contributed by atoms with Gasteiger partial charge in [0.25, 0.3) is 0 Å². The minimum absolute atomic E-state index is 0.973. The number of rotatable bonds is 5. The summed E-state index contributed by atoms with van der Waals surface area (Å²) in [5, 5.41) is 6.44. The summed E-state index contributed by atoms with van der Waals surface area (Å²) in [4.78, 5) is 4.41. The Morgan fingerprint density at radius 2 is 2.46 bits per heavy atom. The molecule has 0 saturated carbocycles. The van der Waals surface area contributed by atoms with Gasteiger partial charge in [-0.05, 0) is 19.8 Å². The summed E-state index contributed by atoms with van der Waals surface area (Å²) in [6.07, 6.45) is 6.31. The highest BCUT2D eigenvalue weighted by Crippen LogP contribution is 2.15. The third-order valence-corrected chi connectivity index (χ3v) is 2.59. The van der Waals surface area contributed by atoms with E-state index < -0.39 is 0 Å². The largest absolute Gasteiger partial charge is 0.361 e. The normalized spacial score (nSPS) is 10.9. The standard InChI is InChI=1S/C10H16N2S/c1-3-5-6-7-11-10-12-9(4-2)8-13-10/h3,5,8H,4,6-7H2,1-2H3,(H,11,12)/b5-3+. The molecule has 0 unspecified atom stereocenters. The molecule has 0 saturated heterocycles. The first kappa shape index (κ1) is 10.3. The number of allylic oxidation sites excluding steroid dienone is 1. The minimum atomic E-state index is 0.973. The zero-order chi connectivity index (χ0) is 9.52. The molecular weight excluding hydrogens is 180 g/mol. The van der Waals surface area contributed by atoms with Crippen LogP contribution in [0, 0.1) is 0 Å². The van der Waals surface area contributed by atoms with Crippen molar-refractivity contribution in [1.82, 2.24) is 4.98 Å². The quantitative estimate of drug-likeness (QED) is 0.578. The van der Waals surface area contributed by atoms with Gasteiger partial charge in [0, 0.05) is 11.9 Å². The van der Waals surface area contributed by atoms with E-state index in [0.717, 1.165) is 24.5 Å². The molecule has 0 aliphatic heterocycles. The van der Waals surface area contributed by atoms with E-state index in [9.17, 15) is 0 Å². The summed E-state index contributed by atoms with van der Waals surface area (Å²) in [6, 6.07) is 0. The lowest BCUT2D eigenvalue weighted by Gasteiger charge is -1.97. The van der Waals surface area contributed by atoms with Crippen LogP contribution in [0.4, 0.5) is 5.13 Å². The van der Waals surface area contributed by atoms with E-state index in [1.807, 2.05) is 6.92 Å². The van der Waals surface area contributed by atoms with E-state index in [4.69, 9.17) is 0 Å². The van der Waals surface area contributed by atoms with Gasteiger partial charge in [0.15, 0.2) is 5.13 Å². The van der Waals surface area contributed by atoms with Gasteiger partial charge in [-0.3, -0.25) is 0 Å². The van der Waals surface area contributed by atoms with Crippen molar-refractivity contribution in [1.29, 1.82) is 0 Å². The summed E-state index contributed by atoms with van der Waals surface area (Å²) in [7, 11) is 0. The summed E-state index contributed by atoms with van der Waals surface area (Å²) in [6.45, 7) is 5.14. The van der Waals surface area contributed by atoms with E-state index in [1.54, 1.807) is 11.3 Å². The van der Waals surface area contributed by atoms with E-state index in [1.165, 1.54) is 5.69 Å². The van der Waals surface area contributed by atoms with Crippen LogP contribution in [0.1, 0.15) is 26.0 Å². The molecule has 0 aliphatic carbocycles. The zero-order valence-electron chi connectivity index (χ0n) is 8.21. The fourth-order valence-electron chi connectivity index (χ4n) is 0.980. The molecule has 3 heteroatoms. The lowest BCUT2D eigenvalue weighted by molar-refractivity contribution is 1.03. The number of aromatic nitrogens is 1. The monoisotopic (exact) mass is 196 g/mol. The van der Waals surface area contributed by atoms with Crippen molar-refractivity contribution < 1.29 is 0 Å². The topological polar surface area (TPSA) is 24.9 Å². The van der Waals surface area contributed by atoms with Gasteiger partial charge in [0.2, 0.25) is 0 Å². The van der Waals surface area contributed by atoms with Crippen LogP contribution in [0.3, 0.4) is 0 Å². The van der Waals surface area contributed by atoms with Gasteiger partial charge in [-0.15, -0.1) is 11.3 Å². The van der Waals surface area contributed by atoms with Crippen LogP contribution in [0.25, 0.3) is 0 Å². The summed E-state index contributed by atoms with van der Waals surface area (Å²) >= 11 is 1.69. The van der Waals surface area contributed by atoms with Crippen molar-refractivity contribution in [3.8, 4) is 0 Å². The van der Waals surface area contributed by atoms with E-state index in [2.05, 4.69) is 34.8 Å². The van der Waals surface area contributed by atoms with Crippen LogP contribution in [0.5, 0.6) is 0 Å². The summed E-state index contributed by atoms with van der Waals surface area (Å²) < 4.78 is 0. The molecule has 13 heavy (non-hydrogen) atoms. The van der Waals surface area contributed by atoms with Gasteiger partial charge in [-0.1, -0.05) is 19.1 Å². The van der Waals surface area contributed by atoms with Crippen LogP contribution in [-0.4, -0.2) is 11.5 Å². The highest BCUT2D eigenvalue weighted by Gasteiger charge is 1.97. The molecule has 0 spiro atoms. The lowest BCUT2D eigenvalue weighted by Crippen LogP contribution is -1.99. The second-order valence-electron chi connectivity index (χ2n) is 2.78. The maximum absolute atomic E-state index is 4.41. The Hall–Kier alpha value is -0.830. The van der Waals surface area contributed by atoms with Gasteiger partial charge in [-0.25, -0.2) is 4.98 Å². The van der Waals surface area contributed by atoms with Crippen molar-refractivity contribution in [2.45, 2.75) is 26.7 Å². The molecule has 0 atom stereocenters. The van der Waals surface area contributed by atoms with E-state index in [-0.39, 0.29) is 0 Å². The molecule has 0 aliphatic rings. The number of anilines is 1. The van der Waals surface area contributed by atoms with Crippen LogP contribution in [0.2, 0.25) is 0 Å². The maximum atomic E-state index is 4.41. The van der Waals surface area contributed by atoms with Crippen molar-refractivity contribution in [2.75, 3.05) is 11.9 Å². The van der Waals surface area contributed by atoms with Gasteiger partial charge in [0.1, 0.15) is 0 Å². The number of hydrogen-bond donors (Lipinski definition) is 1. The first-order valence-electron chi connectivity index (χ1n) is 4.66. The molecule has 1 rings (SSSR count). The van der Waals surface area contributed by atoms with Gasteiger partial charge in [0.05, 0.1) is 5.69 Å². The van der Waals surface area contributed by atoms with Crippen LogP contribution < -0.4 is 5.32 Å². The SMILES string of the molecule is C/C=C/CCNc1nc(CC)cs1. The molecule has 0 radical (unpaired) electrons. The van der Waals surface area contributed by atoms with Crippen molar-refractivity contribution in [2.24, 2.45) is 0 Å². The molecule has 1 N–H and O–H groups in total. The predicted molar refractivity (Wildman–Crippen MR) is 59.4 cm³/mol. The molecule has 0 amide bonds. The van der Waals surface area contributed by atoms with Crippen molar-refractivity contribution >= 4 is 16.5 Å². The lowest BCUT2D eigenvalue weighted by atomic mass is 10.4. The summed E-state index contributed by atoms with van der Waals surface area (Å²) in [5.41, 5.74) is 1.18. The minimum Gasteiger partial charge on any atom is -0.361 e. The molecule has 72 valence electrons. The number of hydrogen-bond acceptors (Lipinski definition) is 3. The third kappa shape index (κ3) is 3.59. The van der Waals surface area contributed by atoms with E-state index in [0.29, 0.717) is 0 Å². The number of nitrogens with zero attached hydrogens (tertiary/aromatic N) is 1. The van der Waals surface area contributed by atoms with Crippen molar-refractivity contribution in [3.63, 3.8) is 0 Å². The van der Waals surface area contributed by atoms with Crippen LogP contribution in [-0.2, 0) is 6.42 Å². The van der Waals surface area contributed by atoms with Gasteiger partial charge in [-0.2, -0.15) is 0 Å². The van der Waals surface area contributed by atoms with Crippen LogP contribution in [0.15, 0.2) is 17.5 Å². The highest BCUT2D eigenvalue weighted by molar-refractivity contribution is 7.13. The Morgan fingerprint density at radius 1 is 1.62 bits per heavy atom. The number of thiazole rings is 1. The second-order valence-corrected chi connectivity index (χ2v) is 3.64. The predicted octanol–water partition coefficient (Wildman–Crippen LogP) is 3.08. The zero-order valence-corrected chi connectivity index (χ0v) is 9.03. The van der Waals surface area contributed by atoms with Gasteiger partial charge < -0.3 is 5.32 Å². The Labute approximate surface area is 83.7 Å². The second kappa shape index (κ2) is 5.75. The molecule has 2 nitrogen and oxygen atoms in total. The number of aryl methyl sites for hydroxylation is 1. The van der Waals surface area contributed by atoms with E-state index >= 15 is 0 Å². The fourth-order valence-corrected chi connectivity index (χ4v) is 1.80. The first-order valence-corrected chi connectivity index (χ1v) is 5.54. The molecule has 1 aromatic rings. The first-order chi connectivity index (χ1) is 6.36. The molecule has 0 fully saturated rings. The molecule has 1 aromatic heterocycles. The average Bonchev–Trinajstić information content (AvgIpc) is 2.60. The maximum Gasteiger partial charge on any atom is 0.182 e. The Balaban J connectivity index is 2.28. The smallest absolute Gasteiger partial charge is 0.182 e. The summed E-state index contributed by atoms with van der Waals surface area (Å²) in [5.74, 6) is 0. The molecule has 0 aromatic carbocycles. The highest BCUT2D eigenvalue weighted by atomic mass is 32.1. The molecule has 1 heterocycles. The Kier molecular flexibility index (Phi) is 4.54. The third-order valence-electron chi connectivity index (χ3n) is 1.74.